The van der Waals surface area contributed by atoms with Gasteiger partial charge in [-0.05, 0) is 114 Å². The van der Waals surface area contributed by atoms with E-state index in [1.54, 1.807) is 67.4 Å². The maximum Gasteiger partial charge on any atom is 0.255 e. The van der Waals surface area contributed by atoms with Gasteiger partial charge in [0.1, 0.15) is 40.3 Å². The standard InChI is InChI=1S/C26H28N6O3.C24H23ClN6O2/c1-17-8-19(12-22(10-17)34-3)15-32-16-21(30-31-32)14-28-26(33)24-6-5-7-27-25(24)29-20-9-18(2)11-23(13-20)35-4;1-33-21-10-6-18(7-11-21)15-31-16-20(29-30-31)14-28-24(32)22-3-2-12-26-23(22)27-13-17-4-8-19(25)9-5-17/h5-13,16H,14-15H2,1-4H3,(H,27,29)(H,28,33);2-12,16H,13-15H2,1H3,(H,26,27)(H,28,32). The predicted molar refractivity (Wildman–Crippen MR) is 260 cm³/mol. The molecule has 0 radical (unpaired) electrons. The molecule has 4 aromatic carbocycles. The summed E-state index contributed by atoms with van der Waals surface area (Å²) in [6.45, 7) is 6.14. The molecule has 18 heteroatoms. The van der Waals surface area contributed by atoms with E-state index in [2.05, 4.69) is 57.9 Å². The number of hydrogen-bond donors (Lipinski definition) is 4. The number of carbonyl (C=O) groups excluding carboxylic acids is 2. The first-order chi connectivity index (χ1) is 33.0. The van der Waals surface area contributed by atoms with Crippen LogP contribution < -0.4 is 35.5 Å². The summed E-state index contributed by atoms with van der Waals surface area (Å²) in [6, 6.07) is 33.9. The molecule has 0 fully saturated rings. The Hall–Kier alpha value is -8.31. The summed E-state index contributed by atoms with van der Waals surface area (Å²) in [5.41, 5.74) is 8.28. The number of rotatable bonds is 18. The van der Waals surface area contributed by atoms with E-state index in [1.165, 1.54) is 0 Å². The van der Waals surface area contributed by atoms with Crippen molar-refractivity contribution in [2.24, 2.45) is 0 Å². The molecule has 0 saturated carbocycles. The number of methoxy groups -OCH3 is 3. The summed E-state index contributed by atoms with van der Waals surface area (Å²) in [4.78, 5) is 34.4. The van der Waals surface area contributed by atoms with Crippen molar-refractivity contribution >= 4 is 40.7 Å². The second-order valence-corrected chi connectivity index (χ2v) is 16.0. The van der Waals surface area contributed by atoms with Crippen molar-refractivity contribution < 1.29 is 23.8 Å². The monoisotopic (exact) mass is 934 g/mol. The fraction of sp³-hybridized carbons (Fsp3) is 0.200. The maximum atomic E-state index is 12.9. The second kappa shape index (κ2) is 23.2. The average Bonchev–Trinajstić information content (AvgIpc) is 4.01. The van der Waals surface area contributed by atoms with Crippen molar-refractivity contribution in [2.45, 2.75) is 46.6 Å². The SMILES string of the molecule is COc1cc(C)cc(Cn2cc(CNC(=O)c3cccnc3Nc3cc(C)cc(OC)c3)nn2)c1.COc1ccc(Cn2cc(CNC(=O)c3cccnc3NCc3ccc(Cl)cc3)nn2)cc1. The van der Waals surface area contributed by atoms with E-state index in [9.17, 15) is 9.59 Å². The zero-order valence-corrected chi connectivity index (χ0v) is 39.0. The molecule has 0 atom stereocenters. The van der Waals surface area contributed by atoms with Crippen molar-refractivity contribution in [3.05, 3.63) is 189 Å². The lowest BCUT2D eigenvalue weighted by Gasteiger charge is -2.12. The number of nitrogens with zero attached hydrogens (tertiary/aromatic N) is 8. The molecule has 0 aliphatic rings. The smallest absolute Gasteiger partial charge is 0.255 e. The minimum Gasteiger partial charge on any atom is -0.497 e. The minimum absolute atomic E-state index is 0.239. The lowest BCUT2D eigenvalue weighted by molar-refractivity contribution is 0.0943. The molecular weight excluding hydrogens is 884 g/mol. The molecule has 17 nitrogen and oxygen atoms in total. The van der Waals surface area contributed by atoms with Gasteiger partial charge in [0, 0.05) is 35.7 Å². The van der Waals surface area contributed by atoms with Crippen molar-refractivity contribution in [3.8, 4) is 17.2 Å². The zero-order chi connectivity index (χ0) is 47.8. The zero-order valence-electron chi connectivity index (χ0n) is 38.2. The molecule has 348 valence electrons. The third-order valence-electron chi connectivity index (χ3n) is 10.3. The van der Waals surface area contributed by atoms with E-state index < -0.39 is 0 Å². The second-order valence-electron chi connectivity index (χ2n) is 15.5. The van der Waals surface area contributed by atoms with Crippen LogP contribution in [-0.4, -0.2) is 73.1 Å². The highest BCUT2D eigenvalue weighted by Gasteiger charge is 2.16. The number of halogens is 1. The van der Waals surface area contributed by atoms with Crippen LogP contribution in [0.3, 0.4) is 0 Å². The van der Waals surface area contributed by atoms with Crippen LogP contribution in [0.4, 0.5) is 17.3 Å². The Morgan fingerprint density at radius 2 is 1.10 bits per heavy atom. The number of ether oxygens (including phenoxy) is 3. The van der Waals surface area contributed by atoms with Crippen LogP contribution in [0.25, 0.3) is 0 Å². The van der Waals surface area contributed by atoms with E-state index in [0.717, 1.165) is 50.8 Å². The molecule has 2 amide bonds. The van der Waals surface area contributed by atoms with Gasteiger partial charge >= 0.3 is 0 Å². The Balaban J connectivity index is 0.000000202. The van der Waals surface area contributed by atoms with Crippen LogP contribution in [0.5, 0.6) is 17.2 Å². The van der Waals surface area contributed by atoms with Crippen LogP contribution >= 0.6 is 11.6 Å². The molecule has 4 N–H and O–H groups in total. The van der Waals surface area contributed by atoms with Gasteiger partial charge in [0.25, 0.3) is 11.8 Å². The number of aromatic nitrogens is 8. The summed E-state index contributed by atoms with van der Waals surface area (Å²) >= 11 is 5.93. The highest BCUT2D eigenvalue weighted by atomic mass is 35.5. The highest BCUT2D eigenvalue weighted by molar-refractivity contribution is 6.30. The van der Waals surface area contributed by atoms with Gasteiger partial charge in [-0.2, -0.15) is 0 Å². The molecule has 0 spiro atoms. The number of amides is 2. The van der Waals surface area contributed by atoms with Gasteiger partial charge in [-0.15, -0.1) is 10.2 Å². The molecule has 0 aliphatic carbocycles. The van der Waals surface area contributed by atoms with Gasteiger partial charge < -0.3 is 35.5 Å². The van der Waals surface area contributed by atoms with Crippen LogP contribution in [0, 0.1) is 13.8 Å². The lowest BCUT2D eigenvalue weighted by atomic mass is 10.1. The minimum atomic E-state index is -0.266. The molecule has 8 aromatic rings. The summed E-state index contributed by atoms with van der Waals surface area (Å²) < 4.78 is 19.3. The van der Waals surface area contributed by atoms with Crippen molar-refractivity contribution in [3.63, 3.8) is 0 Å². The lowest BCUT2D eigenvalue weighted by Crippen LogP contribution is -2.24. The van der Waals surface area contributed by atoms with E-state index in [-0.39, 0.29) is 24.9 Å². The fourth-order valence-corrected chi connectivity index (χ4v) is 7.07. The van der Waals surface area contributed by atoms with Crippen molar-refractivity contribution in [2.75, 3.05) is 32.0 Å². The number of hydrogen-bond acceptors (Lipinski definition) is 13. The maximum absolute atomic E-state index is 12.9. The molecular formula is C50H51ClN12O5. The Morgan fingerprint density at radius 3 is 1.71 bits per heavy atom. The Labute approximate surface area is 398 Å². The van der Waals surface area contributed by atoms with Crippen molar-refractivity contribution in [1.29, 1.82) is 0 Å². The van der Waals surface area contributed by atoms with Gasteiger partial charge in [-0.1, -0.05) is 52.4 Å². The number of carbonyl (C=O) groups is 2. The summed E-state index contributed by atoms with van der Waals surface area (Å²) in [7, 11) is 4.90. The first-order valence-corrected chi connectivity index (χ1v) is 21.8. The number of aryl methyl sites for hydroxylation is 2. The number of pyridine rings is 2. The van der Waals surface area contributed by atoms with Gasteiger partial charge in [-0.25, -0.2) is 19.3 Å². The highest BCUT2D eigenvalue weighted by Crippen LogP contribution is 2.25. The van der Waals surface area contributed by atoms with Gasteiger partial charge in [0.05, 0.1) is 71.0 Å². The Kier molecular flexibility index (Phi) is 16.3. The van der Waals surface area contributed by atoms with E-state index in [4.69, 9.17) is 25.8 Å². The fourth-order valence-electron chi connectivity index (χ4n) is 6.94. The van der Waals surface area contributed by atoms with Crippen LogP contribution in [0.1, 0.15) is 59.9 Å². The number of benzene rings is 4. The van der Waals surface area contributed by atoms with Gasteiger partial charge in [0.2, 0.25) is 0 Å². The Morgan fingerprint density at radius 1 is 0.574 bits per heavy atom. The molecule has 0 saturated heterocycles. The molecule has 4 aromatic heterocycles. The van der Waals surface area contributed by atoms with Crippen LogP contribution in [0.2, 0.25) is 5.02 Å². The average molecular weight is 935 g/mol. The summed E-state index contributed by atoms with van der Waals surface area (Å²) in [5.74, 6) is 2.78. The van der Waals surface area contributed by atoms with E-state index >= 15 is 0 Å². The van der Waals surface area contributed by atoms with Gasteiger partial charge in [0.15, 0.2) is 0 Å². The third-order valence-corrected chi connectivity index (χ3v) is 10.5. The molecule has 8 rings (SSSR count). The summed E-state index contributed by atoms with van der Waals surface area (Å²) in [5, 5.41) is 29.6. The largest absolute Gasteiger partial charge is 0.497 e. The third kappa shape index (κ3) is 13.6. The first kappa shape index (κ1) is 47.6. The van der Waals surface area contributed by atoms with Gasteiger partial charge in [-0.3, -0.25) is 9.59 Å². The molecule has 0 aliphatic heterocycles. The number of anilines is 3. The summed E-state index contributed by atoms with van der Waals surface area (Å²) in [6.07, 6.45) is 6.91. The molecule has 0 unspecified atom stereocenters. The van der Waals surface area contributed by atoms with Crippen molar-refractivity contribution in [1.82, 2.24) is 50.6 Å². The quantitative estimate of drug-likeness (QED) is 0.0648. The van der Waals surface area contributed by atoms with Crippen LogP contribution in [-0.2, 0) is 32.7 Å². The topological polar surface area (TPSA) is 197 Å². The van der Waals surface area contributed by atoms with Crippen LogP contribution in [0.15, 0.2) is 134 Å². The first-order valence-electron chi connectivity index (χ1n) is 21.5. The molecule has 0 bridgehead atoms. The number of nitrogens with one attached hydrogen (secondary N) is 4. The normalized spacial score (nSPS) is 10.6. The Bertz CT molecular complexity index is 2940. The van der Waals surface area contributed by atoms with E-state index in [1.807, 2.05) is 105 Å². The molecule has 68 heavy (non-hydrogen) atoms. The molecule has 4 heterocycles. The predicted octanol–water partition coefficient (Wildman–Crippen LogP) is 7.95. The van der Waals surface area contributed by atoms with E-state index in [0.29, 0.717) is 58.8 Å².